The summed E-state index contributed by atoms with van der Waals surface area (Å²) < 4.78 is 29.1. The van der Waals surface area contributed by atoms with Crippen molar-refractivity contribution >= 4 is 32.3 Å². The molecule has 0 aliphatic heterocycles. The van der Waals surface area contributed by atoms with Gasteiger partial charge in [0.15, 0.2) is 0 Å². The molecule has 0 aliphatic carbocycles. The lowest BCUT2D eigenvalue weighted by atomic mass is 10.2. The highest BCUT2D eigenvalue weighted by Gasteiger charge is 2.21. The lowest BCUT2D eigenvalue weighted by Crippen LogP contribution is -2.30. The smallest absolute Gasteiger partial charge is 0.293 e. The molecule has 0 spiro atoms. The highest BCUT2D eigenvalue weighted by atomic mass is 32.2. The second kappa shape index (κ2) is 8.62. The summed E-state index contributed by atoms with van der Waals surface area (Å²) in [5, 5.41) is 15.7. The molecular formula is C20H24N4O4S. The Hall–Kier alpha value is -2.91. The van der Waals surface area contributed by atoms with Crippen LogP contribution >= 0.6 is 0 Å². The molecule has 3 rings (SSSR count). The van der Waals surface area contributed by atoms with Crippen LogP contribution in [0.3, 0.4) is 0 Å². The van der Waals surface area contributed by atoms with E-state index in [0.29, 0.717) is 12.2 Å². The number of rotatable bonds is 9. The first-order valence-corrected chi connectivity index (χ1v) is 10.8. The van der Waals surface area contributed by atoms with Crippen LogP contribution < -0.4 is 10.0 Å². The van der Waals surface area contributed by atoms with Crippen LogP contribution in [0.2, 0.25) is 0 Å². The molecule has 1 heterocycles. The predicted molar refractivity (Wildman–Crippen MR) is 114 cm³/mol. The van der Waals surface area contributed by atoms with E-state index in [4.69, 9.17) is 0 Å². The molecule has 0 unspecified atom stereocenters. The topological polar surface area (TPSA) is 106 Å². The minimum atomic E-state index is -3.79. The normalized spacial score (nSPS) is 11.8. The number of anilines is 1. The molecule has 0 aliphatic rings. The van der Waals surface area contributed by atoms with Gasteiger partial charge in [-0.25, -0.2) is 13.1 Å². The van der Waals surface area contributed by atoms with E-state index in [1.54, 1.807) is 13.8 Å². The molecule has 0 amide bonds. The van der Waals surface area contributed by atoms with Gasteiger partial charge in [-0.15, -0.1) is 0 Å². The third-order valence-electron chi connectivity index (χ3n) is 4.44. The minimum Gasteiger partial charge on any atom is -0.379 e. The molecule has 0 radical (unpaired) electrons. The van der Waals surface area contributed by atoms with Gasteiger partial charge >= 0.3 is 0 Å². The van der Waals surface area contributed by atoms with Crippen molar-refractivity contribution in [3.8, 4) is 0 Å². The Morgan fingerprint density at radius 1 is 1.14 bits per heavy atom. The number of nitrogens with one attached hydrogen (secondary N) is 2. The molecule has 3 aromatic rings. The Balaban J connectivity index is 1.68. The highest BCUT2D eigenvalue weighted by Crippen LogP contribution is 2.27. The fourth-order valence-corrected chi connectivity index (χ4v) is 4.44. The van der Waals surface area contributed by atoms with Gasteiger partial charge < -0.3 is 9.88 Å². The zero-order valence-corrected chi connectivity index (χ0v) is 17.1. The van der Waals surface area contributed by atoms with Crippen molar-refractivity contribution in [3.63, 3.8) is 0 Å². The number of hydrogen-bond acceptors (Lipinski definition) is 5. The van der Waals surface area contributed by atoms with Crippen molar-refractivity contribution < 1.29 is 13.3 Å². The van der Waals surface area contributed by atoms with E-state index in [0.717, 1.165) is 24.5 Å². The number of sulfonamides is 1. The van der Waals surface area contributed by atoms with Gasteiger partial charge in [-0.3, -0.25) is 10.1 Å². The Labute approximate surface area is 169 Å². The number of nitrogens with zero attached hydrogens (tertiary/aromatic N) is 2. The average molecular weight is 417 g/mol. The Morgan fingerprint density at radius 2 is 1.90 bits per heavy atom. The summed E-state index contributed by atoms with van der Waals surface area (Å²) in [5.41, 5.74) is 1.18. The van der Waals surface area contributed by atoms with Crippen molar-refractivity contribution in [1.29, 1.82) is 0 Å². The van der Waals surface area contributed by atoms with Gasteiger partial charge in [0.25, 0.3) is 5.69 Å². The van der Waals surface area contributed by atoms with E-state index in [1.165, 1.54) is 17.5 Å². The van der Waals surface area contributed by atoms with E-state index < -0.39 is 14.9 Å². The first-order chi connectivity index (χ1) is 13.8. The number of fused-ring (bicyclic) bond motifs is 1. The zero-order valence-electron chi connectivity index (χ0n) is 16.3. The Kier molecular flexibility index (Phi) is 6.19. The number of aryl methyl sites for hydroxylation is 1. The lowest BCUT2D eigenvalue weighted by molar-refractivity contribution is -0.384. The number of nitro benzene ring substituents is 1. The summed E-state index contributed by atoms with van der Waals surface area (Å²) in [6, 6.07) is 13.7. The van der Waals surface area contributed by atoms with Crippen LogP contribution in [0, 0.1) is 10.1 Å². The van der Waals surface area contributed by atoms with Gasteiger partial charge in [-0.05, 0) is 49.9 Å². The number of nitro groups is 1. The van der Waals surface area contributed by atoms with Crippen LogP contribution in [0.4, 0.5) is 11.4 Å². The quantitative estimate of drug-likeness (QED) is 0.314. The summed E-state index contributed by atoms with van der Waals surface area (Å²) >= 11 is 0. The summed E-state index contributed by atoms with van der Waals surface area (Å²) in [6.45, 7) is 4.66. The maximum Gasteiger partial charge on any atom is 0.293 e. The first kappa shape index (κ1) is 20.8. The van der Waals surface area contributed by atoms with E-state index in [2.05, 4.69) is 32.8 Å². The van der Waals surface area contributed by atoms with Crippen LogP contribution in [0.15, 0.2) is 59.6 Å². The number of benzene rings is 2. The number of para-hydroxylation sites is 1. The molecule has 0 saturated carbocycles. The van der Waals surface area contributed by atoms with Crippen LogP contribution in [-0.2, 0) is 16.6 Å². The van der Waals surface area contributed by atoms with E-state index in [9.17, 15) is 18.5 Å². The summed E-state index contributed by atoms with van der Waals surface area (Å²) in [5.74, 6) is 0. The average Bonchev–Trinajstić information content (AvgIpc) is 3.07. The predicted octanol–water partition coefficient (Wildman–Crippen LogP) is 3.74. The molecule has 8 nitrogen and oxygen atoms in total. The fourth-order valence-electron chi connectivity index (χ4n) is 3.17. The SMILES string of the molecule is CC(C)NS(=O)(=O)c1ccc(NCCCn2ccc3ccccc32)c([N+](=O)[O-])c1. The van der Waals surface area contributed by atoms with Gasteiger partial charge in [0.2, 0.25) is 10.0 Å². The fraction of sp³-hybridized carbons (Fsp3) is 0.300. The summed E-state index contributed by atoms with van der Waals surface area (Å²) in [7, 11) is -3.79. The van der Waals surface area contributed by atoms with Crippen molar-refractivity contribution in [2.75, 3.05) is 11.9 Å². The third-order valence-corrected chi connectivity index (χ3v) is 6.09. The second-order valence-corrected chi connectivity index (χ2v) is 8.77. The molecule has 0 atom stereocenters. The van der Waals surface area contributed by atoms with Gasteiger partial charge in [-0.2, -0.15) is 0 Å². The molecule has 0 bridgehead atoms. The minimum absolute atomic E-state index is 0.123. The van der Waals surface area contributed by atoms with Gasteiger partial charge in [0.05, 0.1) is 9.82 Å². The first-order valence-electron chi connectivity index (χ1n) is 9.36. The molecule has 154 valence electrons. The second-order valence-electron chi connectivity index (χ2n) is 7.06. The monoisotopic (exact) mass is 416 g/mol. The zero-order chi connectivity index (χ0) is 21.0. The molecule has 0 fully saturated rings. The van der Waals surface area contributed by atoms with Gasteiger partial charge in [0.1, 0.15) is 5.69 Å². The maximum atomic E-state index is 12.3. The van der Waals surface area contributed by atoms with E-state index in [1.807, 2.05) is 18.3 Å². The summed E-state index contributed by atoms with van der Waals surface area (Å²) in [4.78, 5) is 10.7. The Bertz CT molecular complexity index is 1120. The molecule has 2 aromatic carbocycles. The third kappa shape index (κ3) is 4.93. The van der Waals surface area contributed by atoms with Crippen LogP contribution in [0.5, 0.6) is 0 Å². The lowest BCUT2D eigenvalue weighted by Gasteiger charge is -2.12. The molecule has 0 saturated heterocycles. The number of hydrogen-bond donors (Lipinski definition) is 2. The van der Waals surface area contributed by atoms with Crippen molar-refractivity contribution in [2.45, 2.75) is 37.8 Å². The molecule has 29 heavy (non-hydrogen) atoms. The van der Waals surface area contributed by atoms with Crippen molar-refractivity contribution in [2.24, 2.45) is 0 Å². The van der Waals surface area contributed by atoms with Gasteiger partial charge in [-0.1, -0.05) is 18.2 Å². The van der Waals surface area contributed by atoms with E-state index >= 15 is 0 Å². The Morgan fingerprint density at radius 3 is 2.62 bits per heavy atom. The van der Waals surface area contributed by atoms with Crippen molar-refractivity contribution in [3.05, 3.63) is 64.8 Å². The van der Waals surface area contributed by atoms with Crippen molar-refractivity contribution in [1.82, 2.24) is 9.29 Å². The molecular weight excluding hydrogens is 392 g/mol. The van der Waals surface area contributed by atoms with Crippen LogP contribution in [0.25, 0.3) is 10.9 Å². The highest BCUT2D eigenvalue weighted by molar-refractivity contribution is 7.89. The number of aromatic nitrogens is 1. The van der Waals surface area contributed by atoms with Gasteiger partial charge in [0, 0.05) is 36.9 Å². The van der Waals surface area contributed by atoms with E-state index in [-0.39, 0.29) is 16.6 Å². The molecule has 9 heteroatoms. The van der Waals surface area contributed by atoms with Crippen LogP contribution in [0.1, 0.15) is 20.3 Å². The largest absolute Gasteiger partial charge is 0.379 e. The maximum absolute atomic E-state index is 12.3. The molecule has 2 N–H and O–H groups in total. The standard InChI is InChI=1S/C20H24N4O4S/c1-15(2)22-29(27,28)17-8-9-18(20(14-17)24(25)26)21-11-5-12-23-13-10-16-6-3-4-7-19(16)23/h3-4,6-10,13-15,21-22H,5,11-12H2,1-2H3. The molecule has 1 aromatic heterocycles. The summed E-state index contributed by atoms with van der Waals surface area (Å²) in [6.07, 6.45) is 2.78. The van der Waals surface area contributed by atoms with Crippen LogP contribution in [-0.4, -0.2) is 30.5 Å².